The SMILES string of the molecule is Cc1ccc(F)c(CC2(O)CC2)c1Br. The van der Waals surface area contributed by atoms with Crippen LogP contribution in [0.25, 0.3) is 0 Å². The van der Waals surface area contributed by atoms with Crippen LogP contribution in [0, 0.1) is 12.7 Å². The molecule has 3 heteroatoms. The molecule has 0 aromatic heterocycles. The summed E-state index contributed by atoms with van der Waals surface area (Å²) in [5.41, 5.74) is 0.965. The minimum Gasteiger partial charge on any atom is -0.390 e. The summed E-state index contributed by atoms with van der Waals surface area (Å²) in [5.74, 6) is -0.234. The molecule has 0 atom stereocenters. The third-order valence-corrected chi connectivity index (χ3v) is 3.82. The third-order valence-electron chi connectivity index (χ3n) is 2.71. The molecule has 0 aliphatic heterocycles. The van der Waals surface area contributed by atoms with Crippen molar-refractivity contribution in [1.29, 1.82) is 0 Å². The van der Waals surface area contributed by atoms with Crippen LogP contribution in [0.4, 0.5) is 4.39 Å². The fourth-order valence-corrected chi connectivity index (χ4v) is 1.99. The third kappa shape index (κ3) is 1.84. The van der Waals surface area contributed by atoms with Gasteiger partial charge < -0.3 is 5.11 Å². The van der Waals surface area contributed by atoms with E-state index in [0.29, 0.717) is 12.0 Å². The second-order valence-electron chi connectivity index (χ2n) is 4.06. The smallest absolute Gasteiger partial charge is 0.127 e. The number of rotatable bonds is 2. The van der Waals surface area contributed by atoms with Gasteiger partial charge >= 0.3 is 0 Å². The second-order valence-corrected chi connectivity index (χ2v) is 4.85. The van der Waals surface area contributed by atoms with Crippen LogP contribution in [0.15, 0.2) is 16.6 Å². The van der Waals surface area contributed by atoms with Gasteiger partial charge in [0, 0.05) is 16.5 Å². The van der Waals surface area contributed by atoms with E-state index in [1.54, 1.807) is 6.07 Å². The lowest BCUT2D eigenvalue weighted by Gasteiger charge is -2.12. The molecule has 0 unspecified atom stereocenters. The highest BCUT2D eigenvalue weighted by Crippen LogP contribution is 2.40. The van der Waals surface area contributed by atoms with Gasteiger partial charge in [-0.15, -0.1) is 0 Å². The molecule has 76 valence electrons. The highest BCUT2D eigenvalue weighted by molar-refractivity contribution is 9.10. The molecule has 1 fully saturated rings. The van der Waals surface area contributed by atoms with Crippen molar-refractivity contribution in [1.82, 2.24) is 0 Å². The van der Waals surface area contributed by atoms with E-state index in [1.165, 1.54) is 6.07 Å². The summed E-state index contributed by atoms with van der Waals surface area (Å²) >= 11 is 3.36. The minimum absolute atomic E-state index is 0.234. The molecule has 1 nitrogen and oxygen atoms in total. The van der Waals surface area contributed by atoms with Crippen molar-refractivity contribution in [2.24, 2.45) is 0 Å². The van der Waals surface area contributed by atoms with Crippen LogP contribution in [0.1, 0.15) is 24.0 Å². The average Bonchev–Trinajstić information content (AvgIpc) is 2.86. The Balaban J connectivity index is 2.35. The summed E-state index contributed by atoms with van der Waals surface area (Å²) in [6, 6.07) is 3.20. The van der Waals surface area contributed by atoms with Gasteiger partial charge in [-0.05, 0) is 31.4 Å². The van der Waals surface area contributed by atoms with Crippen molar-refractivity contribution < 1.29 is 9.50 Å². The molecule has 1 aromatic rings. The predicted molar refractivity (Wildman–Crippen MR) is 56.7 cm³/mol. The van der Waals surface area contributed by atoms with Gasteiger partial charge in [0.1, 0.15) is 5.82 Å². The molecule has 1 aliphatic carbocycles. The maximum Gasteiger partial charge on any atom is 0.127 e. The van der Waals surface area contributed by atoms with Crippen LogP contribution < -0.4 is 0 Å². The van der Waals surface area contributed by atoms with E-state index in [1.807, 2.05) is 6.92 Å². The highest BCUT2D eigenvalue weighted by atomic mass is 79.9. The maximum atomic E-state index is 13.4. The molecule has 1 aliphatic rings. The molecule has 0 spiro atoms. The van der Waals surface area contributed by atoms with Gasteiger partial charge in [-0.25, -0.2) is 4.39 Å². The van der Waals surface area contributed by atoms with Gasteiger partial charge in [-0.2, -0.15) is 0 Å². The van der Waals surface area contributed by atoms with Crippen LogP contribution in [-0.2, 0) is 6.42 Å². The normalized spacial score (nSPS) is 18.3. The Kier molecular flexibility index (Phi) is 2.40. The Hall–Kier alpha value is -0.410. The molecule has 0 amide bonds. The molecule has 1 N–H and O–H groups in total. The quantitative estimate of drug-likeness (QED) is 0.865. The number of hydrogen-bond acceptors (Lipinski definition) is 1. The summed E-state index contributed by atoms with van der Waals surface area (Å²) in [7, 11) is 0. The summed E-state index contributed by atoms with van der Waals surface area (Å²) in [6.07, 6.45) is 1.99. The van der Waals surface area contributed by atoms with E-state index in [4.69, 9.17) is 0 Å². The van der Waals surface area contributed by atoms with Gasteiger partial charge in [-0.1, -0.05) is 22.0 Å². The number of hydrogen-bond donors (Lipinski definition) is 1. The predicted octanol–water partition coefficient (Wildman–Crippen LogP) is 2.96. The van der Waals surface area contributed by atoms with Crippen molar-refractivity contribution >= 4 is 15.9 Å². The van der Waals surface area contributed by atoms with E-state index in [0.717, 1.165) is 22.9 Å². The summed E-state index contributed by atoms with van der Waals surface area (Å²) < 4.78 is 14.2. The maximum absolute atomic E-state index is 13.4. The molecule has 1 saturated carbocycles. The van der Waals surface area contributed by atoms with Gasteiger partial charge in [0.05, 0.1) is 5.60 Å². The van der Waals surface area contributed by atoms with Crippen LogP contribution in [-0.4, -0.2) is 10.7 Å². The van der Waals surface area contributed by atoms with Gasteiger partial charge in [0.2, 0.25) is 0 Å². The number of halogens is 2. The van der Waals surface area contributed by atoms with E-state index >= 15 is 0 Å². The zero-order valence-electron chi connectivity index (χ0n) is 7.98. The Bertz CT molecular complexity index is 372. The largest absolute Gasteiger partial charge is 0.390 e. The lowest BCUT2D eigenvalue weighted by molar-refractivity contribution is 0.149. The first-order valence-corrected chi connectivity index (χ1v) is 5.47. The van der Waals surface area contributed by atoms with Crippen molar-refractivity contribution in [2.45, 2.75) is 31.8 Å². The minimum atomic E-state index is -0.642. The molecule has 0 radical (unpaired) electrons. The zero-order chi connectivity index (χ0) is 10.3. The Morgan fingerprint density at radius 1 is 1.50 bits per heavy atom. The highest BCUT2D eigenvalue weighted by Gasteiger charge is 2.41. The topological polar surface area (TPSA) is 20.2 Å². The average molecular weight is 259 g/mol. The first-order chi connectivity index (χ1) is 6.52. The molecular formula is C11H12BrFO. The fourth-order valence-electron chi connectivity index (χ4n) is 1.53. The molecule has 0 heterocycles. The lowest BCUT2D eigenvalue weighted by atomic mass is 10.0. The van der Waals surface area contributed by atoms with Gasteiger partial charge in [-0.3, -0.25) is 0 Å². The van der Waals surface area contributed by atoms with Crippen LogP contribution in [0.2, 0.25) is 0 Å². The van der Waals surface area contributed by atoms with Gasteiger partial charge in [0.15, 0.2) is 0 Å². The van der Waals surface area contributed by atoms with Crippen LogP contribution in [0.5, 0.6) is 0 Å². The van der Waals surface area contributed by atoms with Crippen LogP contribution in [0.3, 0.4) is 0 Å². The van der Waals surface area contributed by atoms with Crippen molar-refractivity contribution in [2.75, 3.05) is 0 Å². The van der Waals surface area contributed by atoms with Gasteiger partial charge in [0.25, 0.3) is 0 Å². The first kappa shape index (κ1) is 10.1. The summed E-state index contributed by atoms with van der Waals surface area (Å²) in [4.78, 5) is 0. The number of benzene rings is 1. The van der Waals surface area contributed by atoms with E-state index in [-0.39, 0.29) is 5.82 Å². The molecule has 1 aromatic carbocycles. The molecular weight excluding hydrogens is 247 g/mol. The Labute approximate surface area is 91.1 Å². The number of aliphatic hydroxyl groups is 1. The van der Waals surface area contributed by atoms with E-state index in [2.05, 4.69) is 15.9 Å². The fraction of sp³-hybridized carbons (Fsp3) is 0.455. The lowest BCUT2D eigenvalue weighted by Crippen LogP contribution is -2.12. The van der Waals surface area contributed by atoms with E-state index in [9.17, 15) is 9.50 Å². The zero-order valence-corrected chi connectivity index (χ0v) is 9.57. The van der Waals surface area contributed by atoms with Crippen molar-refractivity contribution in [3.05, 3.63) is 33.5 Å². The van der Waals surface area contributed by atoms with Crippen LogP contribution >= 0.6 is 15.9 Å². The standard InChI is InChI=1S/C11H12BrFO/c1-7-2-3-9(13)8(10(7)12)6-11(14)4-5-11/h2-3,14H,4-6H2,1H3. The summed E-state index contributed by atoms with van der Waals surface area (Å²) in [6.45, 7) is 1.92. The van der Waals surface area contributed by atoms with Crippen molar-refractivity contribution in [3.8, 4) is 0 Å². The monoisotopic (exact) mass is 258 g/mol. The van der Waals surface area contributed by atoms with Crippen molar-refractivity contribution in [3.63, 3.8) is 0 Å². The summed E-state index contributed by atoms with van der Waals surface area (Å²) in [5, 5.41) is 9.73. The Morgan fingerprint density at radius 3 is 2.71 bits per heavy atom. The first-order valence-electron chi connectivity index (χ1n) is 4.68. The second kappa shape index (κ2) is 3.31. The molecule has 0 bridgehead atoms. The van der Waals surface area contributed by atoms with E-state index < -0.39 is 5.60 Å². The Morgan fingerprint density at radius 2 is 2.14 bits per heavy atom. The number of aryl methyl sites for hydroxylation is 1. The molecule has 0 saturated heterocycles. The molecule has 14 heavy (non-hydrogen) atoms. The molecule has 2 rings (SSSR count).